The second kappa shape index (κ2) is 5.51. The van der Waals surface area contributed by atoms with E-state index in [1.165, 1.54) is 24.4 Å². The van der Waals surface area contributed by atoms with Crippen LogP contribution in [0.3, 0.4) is 0 Å². The number of methoxy groups -OCH3 is 1. The summed E-state index contributed by atoms with van der Waals surface area (Å²) in [6, 6.07) is 0.632. The molecule has 0 bridgehead atoms. The van der Waals surface area contributed by atoms with E-state index in [1.807, 2.05) is 0 Å². The van der Waals surface area contributed by atoms with Gasteiger partial charge >= 0.3 is 6.03 Å². The third-order valence-electron chi connectivity index (χ3n) is 2.85. The Labute approximate surface area is 110 Å². The highest BCUT2D eigenvalue weighted by Crippen LogP contribution is 2.12. The molecule has 3 amide bonds. The topological polar surface area (TPSA) is 96.5 Å². The minimum absolute atomic E-state index is 0.165. The molecule has 1 aromatic rings. The van der Waals surface area contributed by atoms with Gasteiger partial charge in [0.25, 0.3) is 0 Å². The zero-order chi connectivity index (χ0) is 13.8. The van der Waals surface area contributed by atoms with Crippen LogP contribution in [0.5, 0.6) is 5.88 Å². The van der Waals surface area contributed by atoms with E-state index in [1.54, 1.807) is 6.92 Å². The molecule has 1 atom stereocenters. The van der Waals surface area contributed by atoms with Crippen LogP contribution in [0.2, 0.25) is 0 Å². The molecule has 0 radical (unpaired) electrons. The third kappa shape index (κ3) is 2.90. The number of carbonyl (C=O) groups is 2. The maximum atomic E-state index is 12.1. The van der Waals surface area contributed by atoms with E-state index < -0.39 is 6.04 Å². The molecule has 2 N–H and O–H groups in total. The van der Waals surface area contributed by atoms with Crippen molar-refractivity contribution >= 4 is 17.8 Å². The van der Waals surface area contributed by atoms with Crippen molar-refractivity contribution in [1.29, 1.82) is 0 Å². The summed E-state index contributed by atoms with van der Waals surface area (Å²) in [6.45, 7) is 2.58. The number of aromatic nitrogens is 2. The second-order valence-corrected chi connectivity index (χ2v) is 4.04. The fraction of sp³-hybridized carbons (Fsp3) is 0.455. The van der Waals surface area contributed by atoms with Crippen molar-refractivity contribution in [1.82, 2.24) is 20.2 Å². The van der Waals surface area contributed by atoms with Gasteiger partial charge in [-0.3, -0.25) is 10.1 Å². The zero-order valence-electron chi connectivity index (χ0n) is 10.7. The average Bonchev–Trinajstić information content (AvgIpc) is 2.42. The fourth-order valence-electron chi connectivity index (χ4n) is 1.76. The van der Waals surface area contributed by atoms with Crippen LogP contribution in [0.4, 0.5) is 10.6 Å². The maximum Gasteiger partial charge on any atom is 0.323 e. The van der Waals surface area contributed by atoms with Crippen LogP contribution < -0.4 is 15.4 Å². The lowest BCUT2D eigenvalue weighted by atomic mass is 10.2. The molecule has 0 spiro atoms. The maximum absolute atomic E-state index is 12.1. The molecule has 1 fully saturated rings. The first kappa shape index (κ1) is 13.1. The lowest BCUT2D eigenvalue weighted by Gasteiger charge is -2.32. The number of nitrogens with zero attached hydrogens (tertiary/aromatic N) is 3. The number of rotatable bonds is 2. The van der Waals surface area contributed by atoms with E-state index in [0.717, 1.165) is 0 Å². The van der Waals surface area contributed by atoms with Gasteiger partial charge in [0.15, 0.2) is 0 Å². The Bertz CT molecular complexity index is 493. The minimum Gasteiger partial charge on any atom is -0.481 e. The van der Waals surface area contributed by atoms with Crippen molar-refractivity contribution in [2.45, 2.75) is 13.0 Å². The summed E-state index contributed by atoms with van der Waals surface area (Å²) in [5, 5.41) is 5.31. The van der Waals surface area contributed by atoms with Gasteiger partial charge in [-0.1, -0.05) is 0 Å². The van der Waals surface area contributed by atoms with Gasteiger partial charge < -0.3 is 15.0 Å². The summed E-state index contributed by atoms with van der Waals surface area (Å²) >= 11 is 0. The molecule has 0 aromatic carbocycles. The van der Waals surface area contributed by atoms with Crippen LogP contribution in [-0.2, 0) is 4.79 Å². The Morgan fingerprint density at radius 1 is 1.58 bits per heavy atom. The molecule has 1 aromatic heterocycles. The first-order valence-corrected chi connectivity index (χ1v) is 5.83. The summed E-state index contributed by atoms with van der Waals surface area (Å²) in [5.74, 6) is 0.520. The molecule has 1 unspecified atom stereocenters. The average molecular weight is 265 g/mol. The monoisotopic (exact) mass is 265 g/mol. The number of urea groups is 1. The molecule has 8 heteroatoms. The van der Waals surface area contributed by atoms with Crippen LogP contribution in [-0.4, -0.2) is 53.0 Å². The molecule has 19 heavy (non-hydrogen) atoms. The summed E-state index contributed by atoms with van der Waals surface area (Å²) in [6.07, 6.45) is 1.29. The Morgan fingerprint density at radius 3 is 3.11 bits per heavy atom. The highest BCUT2D eigenvalue weighted by molar-refractivity contribution is 5.93. The largest absolute Gasteiger partial charge is 0.481 e. The molecule has 2 rings (SSSR count). The number of piperazine rings is 1. The Kier molecular flexibility index (Phi) is 3.79. The number of ether oxygens (including phenoxy) is 1. The summed E-state index contributed by atoms with van der Waals surface area (Å²) in [4.78, 5) is 32.8. The fourth-order valence-corrected chi connectivity index (χ4v) is 1.76. The molecule has 1 saturated heterocycles. The van der Waals surface area contributed by atoms with E-state index in [9.17, 15) is 9.59 Å². The van der Waals surface area contributed by atoms with E-state index in [4.69, 9.17) is 4.74 Å². The minimum atomic E-state index is -0.502. The van der Waals surface area contributed by atoms with Crippen molar-refractivity contribution in [3.8, 4) is 5.88 Å². The third-order valence-corrected chi connectivity index (χ3v) is 2.85. The standard InChI is InChI=1S/C11H15N5O3/c1-7-10(17)12-3-4-16(7)11(18)15-8-5-9(19-2)14-6-13-8/h5-7H,3-4H2,1-2H3,(H,12,17)(H,13,14,15,18). The zero-order valence-corrected chi connectivity index (χ0v) is 10.7. The predicted octanol–water partition coefficient (Wildman–Crippen LogP) is -0.163. The van der Waals surface area contributed by atoms with E-state index >= 15 is 0 Å². The van der Waals surface area contributed by atoms with Crippen molar-refractivity contribution in [2.75, 3.05) is 25.5 Å². The van der Waals surface area contributed by atoms with Crippen molar-refractivity contribution in [2.24, 2.45) is 0 Å². The van der Waals surface area contributed by atoms with Gasteiger partial charge in [-0.05, 0) is 6.92 Å². The Balaban J connectivity index is 2.05. The molecule has 0 aliphatic carbocycles. The van der Waals surface area contributed by atoms with Gasteiger partial charge in [-0.2, -0.15) is 0 Å². The van der Waals surface area contributed by atoms with Gasteiger partial charge in [0.05, 0.1) is 7.11 Å². The smallest absolute Gasteiger partial charge is 0.323 e. The lowest BCUT2D eigenvalue weighted by Crippen LogP contribution is -2.56. The predicted molar refractivity (Wildman–Crippen MR) is 66.8 cm³/mol. The van der Waals surface area contributed by atoms with Gasteiger partial charge in [0, 0.05) is 19.2 Å². The lowest BCUT2D eigenvalue weighted by molar-refractivity contribution is -0.126. The van der Waals surface area contributed by atoms with Crippen LogP contribution in [0, 0.1) is 0 Å². The van der Waals surface area contributed by atoms with Crippen LogP contribution in [0.25, 0.3) is 0 Å². The first-order chi connectivity index (χ1) is 9.11. The highest BCUT2D eigenvalue weighted by atomic mass is 16.5. The van der Waals surface area contributed by atoms with E-state index in [-0.39, 0.29) is 11.9 Å². The number of hydrogen-bond donors (Lipinski definition) is 2. The molecular weight excluding hydrogens is 250 g/mol. The normalized spacial score (nSPS) is 18.7. The summed E-state index contributed by atoms with van der Waals surface area (Å²) < 4.78 is 4.94. The SMILES string of the molecule is COc1cc(NC(=O)N2CCNC(=O)C2C)ncn1. The first-order valence-electron chi connectivity index (χ1n) is 5.83. The molecular formula is C11H15N5O3. The number of hydrogen-bond acceptors (Lipinski definition) is 5. The van der Waals surface area contributed by atoms with E-state index in [0.29, 0.717) is 24.8 Å². The van der Waals surface area contributed by atoms with Crippen LogP contribution >= 0.6 is 0 Å². The molecule has 1 aliphatic rings. The van der Waals surface area contributed by atoms with Gasteiger partial charge in [-0.25, -0.2) is 14.8 Å². The summed E-state index contributed by atoms with van der Waals surface area (Å²) in [5.41, 5.74) is 0. The van der Waals surface area contributed by atoms with Crippen molar-refractivity contribution < 1.29 is 14.3 Å². The molecule has 2 heterocycles. The van der Waals surface area contributed by atoms with Gasteiger partial charge in [0.1, 0.15) is 18.2 Å². The Morgan fingerprint density at radius 2 is 2.37 bits per heavy atom. The number of anilines is 1. The Hall–Kier alpha value is -2.38. The number of nitrogens with one attached hydrogen (secondary N) is 2. The quantitative estimate of drug-likeness (QED) is 0.774. The molecule has 1 aliphatic heterocycles. The van der Waals surface area contributed by atoms with Crippen molar-refractivity contribution in [3.63, 3.8) is 0 Å². The number of amides is 3. The van der Waals surface area contributed by atoms with Crippen LogP contribution in [0.15, 0.2) is 12.4 Å². The summed E-state index contributed by atoms with van der Waals surface area (Å²) in [7, 11) is 1.48. The highest BCUT2D eigenvalue weighted by Gasteiger charge is 2.29. The van der Waals surface area contributed by atoms with Crippen molar-refractivity contribution in [3.05, 3.63) is 12.4 Å². The van der Waals surface area contributed by atoms with Gasteiger partial charge in [-0.15, -0.1) is 0 Å². The number of carbonyl (C=O) groups excluding carboxylic acids is 2. The second-order valence-electron chi connectivity index (χ2n) is 4.04. The molecule has 8 nitrogen and oxygen atoms in total. The van der Waals surface area contributed by atoms with Gasteiger partial charge in [0.2, 0.25) is 11.8 Å². The molecule has 0 saturated carbocycles. The molecule has 102 valence electrons. The van der Waals surface area contributed by atoms with Crippen LogP contribution in [0.1, 0.15) is 6.92 Å². The van der Waals surface area contributed by atoms with E-state index in [2.05, 4.69) is 20.6 Å².